The van der Waals surface area contributed by atoms with E-state index < -0.39 is 0 Å². The van der Waals surface area contributed by atoms with Crippen molar-refractivity contribution in [2.24, 2.45) is 5.92 Å². The van der Waals surface area contributed by atoms with Gasteiger partial charge in [0.1, 0.15) is 0 Å². The summed E-state index contributed by atoms with van der Waals surface area (Å²) in [6.07, 6.45) is 7.72. The first-order chi connectivity index (χ1) is 13.7. The van der Waals surface area contributed by atoms with Crippen LogP contribution in [0, 0.1) is 5.92 Å². The van der Waals surface area contributed by atoms with Crippen molar-refractivity contribution < 1.29 is 9.32 Å². The van der Waals surface area contributed by atoms with E-state index in [1.54, 1.807) is 12.4 Å². The summed E-state index contributed by atoms with van der Waals surface area (Å²) in [7, 11) is 0. The molecule has 2 aromatic heterocycles. The van der Waals surface area contributed by atoms with Gasteiger partial charge in [-0.25, -0.2) is 0 Å². The number of hydrogen-bond acceptors (Lipinski definition) is 7. The first kappa shape index (κ1) is 24.5. The van der Waals surface area contributed by atoms with Crippen molar-refractivity contribution in [2.75, 3.05) is 26.2 Å². The largest absolute Gasteiger partial charge is 0.354 e. The zero-order valence-electron chi connectivity index (χ0n) is 17.1. The van der Waals surface area contributed by atoms with Crippen LogP contribution in [-0.4, -0.2) is 58.2 Å². The smallest absolute Gasteiger partial charge is 0.244 e. The summed E-state index contributed by atoms with van der Waals surface area (Å²) >= 11 is 0. The number of nitrogens with one attached hydrogen (secondary N) is 2. The monoisotopic (exact) mass is 456 g/mol. The number of amides is 1. The lowest BCUT2D eigenvalue weighted by Crippen LogP contribution is -2.45. The Kier molecular flexibility index (Phi) is 9.48. The van der Waals surface area contributed by atoms with Gasteiger partial charge in [-0.3, -0.25) is 14.7 Å². The Balaban J connectivity index is 0.00000160. The molecule has 4 rings (SSSR count). The molecule has 2 saturated heterocycles. The van der Waals surface area contributed by atoms with Crippen LogP contribution < -0.4 is 10.6 Å². The Morgan fingerprint density at radius 1 is 1.37 bits per heavy atom. The number of rotatable bonds is 6. The van der Waals surface area contributed by atoms with Gasteiger partial charge in [-0.2, -0.15) is 4.98 Å². The number of likely N-dealkylation sites (tertiary alicyclic amines) is 1. The van der Waals surface area contributed by atoms with Crippen LogP contribution in [0.25, 0.3) is 11.4 Å². The number of piperidine rings is 1. The Morgan fingerprint density at radius 2 is 2.23 bits per heavy atom. The van der Waals surface area contributed by atoms with E-state index in [4.69, 9.17) is 4.52 Å². The van der Waals surface area contributed by atoms with Gasteiger partial charge < -0.3 is 15.2 Å². The Morgan fingerprint density at radius 3 is 2.97 bits per heavy atom. The molecule has 0 aliphatic carbocycles. The molecule has 30 heavy (non-hydrogen) atoms. The van der Waals surface area contributed by atoms with Crippen molar-refractivity contribution in [1.82, 2.24) is 30.7 Å². The van der Waals surface area contributed by atoms with Crippen LogP contribution in [0.2, 0.25) is 0 Å². The van der Waals surface area contributed by atoms with Crippen LogP contribution in [0.1, 0.15) is 44.5 Å². The van der Waals surface area contributed by atoms with E-state index >= 15 is 0 Å². The second kappa shape index (κ2) is 11.6. The molecule has 2 aromatic rings. The van der Waals surface area contributed by atoms with Crippen LogP contribution in [0.5, 0.6) is 0 Å². The molecular weight excluding hydrogens is 427 g/mol. The standard InChI is InChI=1S/C20H28N6O2.2ClH/c1-14(20-24-18(25-28-20)16-6-2-8-21-12-16)26-10-4-5-15(13-26)11-23-19(27)17-7-3-9-22-17;;/h2,6,8,12,14-15,17,22H,3-5,7,9-11,13H2,1H3,(H,23,27);2*1H. The van der Waals surface area contributed by atoms with Crippen molar-refractivity contribution in [3.8, 4) is 11.4 Å². The zero-order valence-corrected chi connectivity index (χ0v) is 18.8. The van der Waals surface area contributed by atoms with E-state index in [1.165, 1.54) is 0 Å². The Hall–Kier alpha value is -1.74. The summed E-state index contributed by atoms with van der Waals surface area (Å²) in [5.41, 5.74) is 0.851. The van der Waals surface area contributed by atoms with Crippen LogP contribution >= 0.6 is 24.8 Å². The molecule has 0 aromatic carbocycles. The van der Waals surface area contributed by atoms with Gasteiger partial charge in [-0.05, 0) is 63.7 Å². The highest BCUT2D eigenvalue weighted by Crippen LogP contribution is 2.27. The molecule has 3 atom stereocenters. The molecule has 0 spiro atoms. The van der Waals surface area contributed by atoms with Gasteiger partial charge in [-0.15, -0.1) is 24.8 Å². The third kappa shape index (κ3) is 5.91. The first-order valence-corrected chi connectivity index (χ1v) is 10.2. The Labute approximate surface area is 189 Å². The minimum atomic E-state index is -0.0112. The predicted octanol–water partition coefficient (Wildman–Crippen LogP) is 2.62. The van der Waals surface area contributed by atoms with Crippen molar-refractivity contribution in [1.29, 1.82) is 0 Å². The molecule has 0 saturated carbocycles. The lowest BCUT2D eigenvalue weighted by molar-refractivity contribution is -0.123. The second-order valence-electron chi connectivity index (χ2n) is 7.77. The molecule has 8 nitrogen and oxygen atoms in total. The lowest BCUT2D eigenvalue weighted by Gasteiger charge is -2.35. The Bertz CT molecular complexity index is 785. The highest BCUT2D eigenvalue weighted by Gasteiger charge is 2.29. The highest BCUT2D eigenvalue weighted by molar-refractivity contribution is 5.85. The van der Waals surface area contributed by atoms with Gasteiger partial charge in [0.25, 0.3) is 0 Å². The maximum atomic E-state index is 12.2. The molecule has 3 unspecified atom stereocenters. The first-order valence-electron chi connectivity index (χ1n) is 10.2. The predicted molar refractivity (Wildman–Crippen MR) is 119 cm³/mol. The fraction of sp³-hybridized carbons (Fsp3) is 0.600. The number of pyridine rings is 1. The molecule has 10 heteroatoms. The van der Waals surface area contributed by atoms with E-state index in [1.807, 2.05) is 12.1 Å². The highest BCUT2D eigenvalue weighted by atomic mass is 35.5. The van der Waals surface area contributed by atoms with E-state index in [0.29, 0.717) is 17.6 Å². The fourth-order valence-electron chi connectivity index (χ4n) is 4.07. The maximum absolute atomic E-state index is 12.2. The molecule has 166 valence electrons. The lowest BCUT2D eigenvalue weighted by atomic mass is 9.96. The van der Waals surface area contributed by atoms with Gasteiger partial charge in [0, 0.05) is 31.0 Å². The van der Waals surface area contributed by atoms with Gasteiger partial charge >= 0.3 is 0 Å². The summed E-state index contributed by atoms with van der Waals surface area (Å²) in [4.78, 5) is 23.3. The van der Waals surface area contributed by atoms with Gasteiger partial charge in [0.15, 0.2) is 0 Å². The number of aromatic nitrogens is 3. The third-order valence-electron chi connectivity index (χ3n) is 5.76. The summed E-state index contributed by atoms with van der Waals surface area (Å²) < 4.78 is 5.53. The van der Waals surface area contributed by atoms with E-state index in [9.17, 15) is 4.79 Å². The fourth-order valence-corrected chi connectivity index (χ4v) is 4.07. The minimum absolute atomic E-state index is 0. The quantitative estimate of drug-likeness (QED) is 0.689. The van der Waals surface area contributed by atoms with Crippen molar-refractivity contribution >= 4 is 30.7 Å². The van der Waals surface area contributed by atoms with E-state index in [-0.39, 0.29) is 42.8 Å². The average Bonchev–Trinajstić information content (AvgIpc) is 3.45. The van der Waals surface area contributed by atoms with Crippen molar-refractivity contribution in [3.05, 3.63) is 30.4 Å². The average molecular weight is 457 g/mol. The van der Waals surface area contributed by atoms with Gasteiger partial charge in [0.05, 0.1) is 12.1 Å². The molecule has 4 heterocycles. The number of carbonyl (C=O) groups excluding carboxylic acids is 1. The molecule has 0 radical (unpaired) electrons. The molecular formula is C20H30Cl2N6O2. The summed E-state index contributed by atoms with van der Waals surface area (Å²) in [5.74, 6) is 1.78. The topological polar surface area (TPSA) is 96.2 Å². The maximum Gasteiger partial charge on any atom is 0.244 e. The minimum Gasteiger partial charge on any atom is -0.354 e. The van der Waals surface area contributed by atoms with Crippen molar-refractivity contribution in [3.63, 3.8) is 0 Å². The second-order valence-corrected chi connectivity index (χ2v) is 7.77. The van der Waals surface area contributed by atoms with Crippen LogP contribution in [0.4, 0.5) is 0 Å². The number of nitrogens with zero attached hydrogens (tertiary/aromatic N) is 4. The van der Waals surface area contributed by atoms with Gasteiger partial charge in [-0.1, -0.05) is 5.16 Å². The molecule has 2 N–H and O–H groups in total. The van der Waals surface area contributed by atoms with E-state index in [0.717, 1.165) is 57.4 Å². The number of hydrogen-bond donors (Lipinski definition) is 2. The summed E-state index contributed by atoms with van der Waals surface area (Å²) in [6, 6.07) is 3.82. The third-order valence-corrected chi connectivity index (χ3v) is 5.76. The number of carbonyl (C=O) groups is 1. The SMILES string of the molecule is CC(c1nc(-c2cccnc2)no1)N1CCCC(CNC(=O)C2CCCN2)C1.Cl.Cl. The molecule has 0 bridgehead atoms. The van der Waals surface area contributed by atoms with Gasteiger partial charge in [0.2, 0.25) is 17.6 Å². The van der Waals surface area contributed by atoms with E-state index in [2.05, 4.69) is 37.6 Å². The molecule has 2 aliphatic rings. The van der Waals surface area contributed by atoms with Crippen molar-refractivity contribution in [2.45, 2.75) is 44.7 Å². The normalized spacial score (nSPS) is 22.6. The zero-order chi connectivity index (χ0) is 19.3. The van der Waals surface area contributed by atoms with Crippen LogP contribution in [-0.2, 0) is 4.79 Å². The number of halogens is 2. The summed E-state index contributed by atoms with van der Waals surface area (Å²) in [6.45, 7) is 5.69. The summed E-state index contributed by atoms with van der Waals surface area (Å²) in [5, 5.41) is 10.5. The molecule has 1 amide bonds. The van der Waals surface area contributed by atoms with Crippen LogP contribution in [0.15, 0.2) is 29.0 Å². The van der Waals surface area contributed by atoms with Crippen LogP contribution in [0.3, 0.4) is 0 Å². The molecule has 2 aliphatic heterocycles. The molecule has 2 fully saturated rings.